The van der Waals surface area contributed by atoms with Gasteiger partial charge in [-0.25, -0.2) is 0 Å². The van der Waals surface area contributed by atoms with E-state index in [0.717, 1.165) is 41.9 Å². The summed E-state index contributed by atoms with van der Waals surface area (Å²) in [5.41, 5.74) is 7.08. The second-order valence-electron chi connectivity index (χ2n) is 12.2. The molecule has 7 atom stereocenters. The molecular weight excluding hydrogens is 384 g/mol. The lowest BCUT2D eigenvalue weighted by molar-refractivity contribution is -0.0481. The van der Waals surface area contributed by atoms with Crippen LogP contribution in [0.1, 0.15) is 127 Å². The van der Waals surface area contributed by atoms with Gasteiger partial charge in [0, 0.05) is 0 Å². The van der Waals surface area contributed by atoms with Gasteiger partial charge in [-0.05, 0) is 110 Å². The van der Waals surface area contributed by atoms with Gasteiger partial charge in [0.1, 0.15) is 0 Å². The van der Waals surface area contributed by atoms with E-state index in [-0.39, 0.29) is 7.43 Å². The van der Waals surface area contributed by atoms with Crippen molar-refractivity contribution in [3.63, 3.8) is 0 Å². The van der Waals surface area contributed by atoms with E-state index in [1.807, 2.05) is 13.8 Å². The molecule has 0 aromatic carbocycles. The van der Waals surface area contributed by atoms with Crippen LogP contribution in [0.25, 0.3) is 0 Å². The van der Waals surface area contributed by atoms with Crippen LogP contribution in [0.4, 0.5) is 0 Å². The predicted octanol–water partition coefficient (Wildman–Crippen LogP) is 10.2. The molecule has 0 saturated heterocycles. The third-order valence-electron chi connectivity index (χ3n) is 10.4. The zero-order chi connectivity index (χ0) is 22.8. The van der Waals surface area contributed by atoms with Gasteiger partial charge in [-0.1, -0.05) is 86.8 Å². The molecule has 0 bridgehead atoms. The number of allylic oxidation sites excluding steroid dienone is 3. The Labute approximate surface area is 202 Å². The molecule has 1 unspecified atom stereocenters. The van der Waals surface area contributed by atoms with Gasteiger partial charge in [0.25, 0.3) is 0 Å². The van der Waals surface area contributed by atoms with Crippen molar-refractivity contribution in [1.29, 1.82) is 0 Å². The van der Waals surface area contributed by atoms with Crippen molar-refractivity contribution < 1.29 is 0 Å². The van der Waals surface area contributed by atoms with Crippen molar-refractivity contribution in [2.45, 2.75) is 127 Å². The Kier molecular flexibility index (Phi) is 9.56. The quantitative estimate of drug-likeness (QED) is 0.295. The molecule has 0 N–H and O–H groups in total. The van der Waals surface area contributed by atoms with Gasteiger partial charge in [-0.15, -0.1) is 5.73 Å². The lowest BCUT2D eigenvalue weighted by Gasteiger charge is -2.58. The first-order valence-electron chi connectivity index (χ1n) is 13.8. The zero-order valence-corrected chi connectivity index (χ0v) is 21.9. The highest BCUT2D eigenvalue weighted by Crippen LogP contribution is 2.67. The molecule has 183 valence electrons. The smallest absolute Gasteiger partial charge is 0.00266 e. The van der Waals surface area contributed by atoms with Crippen LogP contribution in [0.3, 0.4) is 0 Å². The van der Waals surface area contributed by atoms with Crippen LogP contribution in [0.15, 0.2) is 23.0 Å². The Balaban J connectivity index is 0.00000118. The molecule has 0 aliphatic heterocycles. The topological polar surface area (TPSA) is 0 Å². The van der Waals surface area contributed by atoms with E-state index in [1.165, 1.54) is 69.8 Å². The Morgan fingerprint density at radius 1 is 1.03 bits per heavy atom. The fourth-order valence-electron chi connectivity index (χ4n) is 8.65. The maximum Gasteiger partial charge on any atom is -0.00266 e. The van der Waals surface area contributed by atoms with Crippen molar-refractivity contribution in [2.24, 2.45) is 46.3 Å². The van der Waals surface area contributed by atoms with Crippen molar-refractivity contribution in [3.05, 3.63) is 29.5 Å². The van der Waals surface area contributed by atoms with Crippen molar-refractivity contribution in [3.8, 4) is 0 Å². The van der Waals surface area contributed by atoms with E-state index in [1.54, 1.807) is 5.57 Å². The van der Waals surface area contributed by atoms with Gasteiger partial charge in [-0.2, -0.15) is 0 Å². The third-order valence-corrected chi connectivity index (χ3v) is 10.4. The maximum absolute atomic E-state index is 5.77. The van der Waals surface area contributed by atoms with E-state index >= 15 is 0 Å². The first-order valence-corrected chi connectivity index (χ1v) is 13.8. The molecule has 4 aliphatic carbocycles. The zero-order valence-electron chi connectivity index (χ0n) is 21.9. The first-order chi connectivity index (χ1) is 14.8. The minimum absolute atomic E-state index is 0. The van der Waals surface area contributed by atoms with E-state index < -0.39 is 0 Å². The molecule has 0 spiro atoms. The van der Waals surface area contributed by atoms with Crippen LogP contribution in [0.5, 0.6) is 0 Å². The van der Waals surface area contributed by atoms with Gasteiger partial charge in [0.2, 0.25) is 0 Å². The highest BCUT2D eigenvalue weighted by molar-refractivity contribution is 5.30. The standard InChI is InChI=1S/C29H45.C2H6.CH4/c1-7-22-15-17-28(5)23(19-22)11-12-24-26-14-13-25(21(4)10-8-9-20(2)3)29(26,6)18-16-27(24)28;1-2;/h1,11,20-21,24-27H,8-10,12-19H2,2-6H3;1-2H3;1H4/t7?,21-,24+,25-,26+,27+,28?,29-;;/m1../s1. The molecule has 3 saturated carbocycles. The number of fused-ring (bicyclic) bond motifs is 5. The average Bonchev–Trinajstić information content (AvgIpc) is 3.11. The molecule has 4 rings (SSSR count). The van der Waals surface area contributed by atoms with E-state index in [4.69, 9.17) is 6.58 Å². The highest BCUT2D eigenvalue weighted by atomic mass is 14.6. The largest absolute Gasteiger partial charge is 0.121 e. The first kappa shape index (κ1) is 27.5. The van der Waals surface area contributed by atoms with Crippen LogP contribution in [-0.2, 0) is 0 Å². The fourth-order valence-corrected chi connectivity index (χ4v) is 8.65. The van der Waals surface area contributed by atoms with E-state index in [0.29, 0.717) is 10.8 Å². The Morgan fingerprint density at radius 3 is 2.41 bits per heavy atom. The Bertz CT molecular complexity index is 689. The van der Waals surface area contributed by atoms with Crippen LogP contribution < -0.4 is 0 Å². The second kappa shape index (κ2) is 11.1. The second-order valence-corrected chi connectivity index (χ2v) is 12.2. The number of hydrogen-bond acceptors (Lipinski definition) is 0. The number of rotatable bonds is 5. The molecular formula is C32H55. The van der Waals surface area contributed by atoms with E-state index in [9.17, 15) is 0 Å². The normalized spacial score (nSPS) is 38.8. The summed E-state index contributed by atoms with van der Waals surface area (Å²) >= 11 is 0. The van der Waals surface area contributed by atoms with Crippen molar-refractivity contribution in [2.75, 3.05) is 0 Å². The van der Waals surface area contributed by atoms with Crippen LogP contribution >= 0.6 is 0 Å². The van der Waals surface area contributed by atoms with Gasteiger partial charge >= 0.3 is 0 Å². The molecule has 3 fully saturated rings. The highest BCUT2D eigenvalue weighted by Gasteiger charge is 2.58. The van der Waals surface area contributed by atoms with Gasteiger partial charge in [-0.3, -0.25) is 0 Å². The molecule has 0 heterocycles. The monoisotopic (exact) mass is 439 g/mol. The molecule has 0 heteroatoms. The maximum atomic E-state index is 5.77. The average molecular weight is 440 g/mol. The Morgan fingerprint density at radius 2 is 1.75 bits per heavy atom. The van der Waals surface area contributed by atoms with Crippen LogP contribution in [-0.4, -0.2) is 0 Å². The summed E-state index contributed by atoms with van der Waals surface area (Å²) in [5, 5.41) is 0. The molecule has 1 radical (unpaired) electrons. The lowest BCUT2D eigenvalue weighted by Crippen LogP contribution is -2.50. The summed E-state index contributed by atoms with van der Waals surface area (Å²) in [6.45, 7) is 22.4. The van der Waals surface area contributed by atoms with Gasteiger partial charge < -0.3 is 0 Å². The van der Waals surface area contributed by atoms with E-state index in [2.05, 4.69) is 46.4 Å². The number of hydrogen-bond donors (Lipinski definition) is 0. The molecule has 0 aromatic rings. The molecule has 0 nitrogen and oxygen atoms in total. The van der Waals surface area contributed by atoms with Gasteiger partial charge in [0.05, 0.1) is 0 Å². The summed E-state index contributed by atoms with van der Waals surface area (Å²) in [7, 11) is 0. The Hall–Kier alpha value is -0.740. The summed E-state index contributed by atoms with van der Waals surface area (Å²) in [4.78, 5) is 0. The van der Waals surface area contributed by atoms with Crippen molar-refractivity contribution >= 4 is 0 Å². The molecule has 4 aliphatic rings. The third kappa shape index (κ3) is 4.87. The SMILES string of the molecule is C.CC.[CH]=C=C1CCC2(C)C(=CC[C@@H]3[C@@H]2CC[C@]2(C)[C@@H]([C@H](C)CCCC(C)C)CC[C@@H]32)C1. The summed E-state index contributed by atoms with van der Waals surface area (Å²) in [5.74, 6) is 5.54. The molecule has 0 amide bonds. The summed E-state index contributed by atoms with van der Waals surface area (Å²) in [6, 6.07) is 0. The van der Waals surface area contributed by atoms with Crippen molar-refractivity contribution in [1.82, 2.24) is 0 Å². The fraction of sp³-hybridized carbons (Fsp3) is 0.844. The summed E-state index contributed by atoms with van der Waals surface area (Å²) in [6.07, 6.45) is 17.8. The minimum atomic E-state index is 0. The predicted molar refractivity (Wildman–Crippen MR) is 142 cm³/mol. The lowest BCUT2D eigenvalue weighted by atomic mass is 9.47. The molecule has 0 aromatic heterocycles. The summed E-state index contributed by atoms with van der Waals surface area (Å²) < 4.78 is 0. The van der Waals surface area contributed by atoms with Crippen LogP contribution in [0, 0.1) is 52.9 Å². The van der Waals surface area contributed by atoms with Gasteiger partial charge in [0.15, 0.2) is 0 Å². The minimum Gasteiger partial charge on any atom is -0.121 e. The van der Waals surface area contributed by atoms with Crippen LogP contribution in [0.2, 0.25) is 0 Å². The molecule has 32 heavy (non-hydrogen) atoms.